The SMILES string of the molecule is COC(=O)c1cc(C2CC(c3ccccc3)=NO2)nc(C)n1. The van der Waals surface area contributed by atoms with Gasteiger partial charge in [-0.15, -0.1) is 0 Å². The maximum atomic E-state index is 11.6. The first-order valence-electron chi connectivity index (χ1n) is 6.89. The molecule has 0 fully saturated rings. The van der Waals surface area contributed by atoms with Crippen LogP contribution < -0.4 is 0 Å². The quantitative estimate of drug-likeness (QED) is 0.813. The van der Waals surface area contributed by atoms with Gasteiger partial charge in [-0.25, -0.2) is 14.8 Å². The van der Waals surface area contributed by atoms with Gasteiger partial charge in [-0.3, -0.25) is 0 Å². The number of benzene rings is 1. The van der Waals surface area contributed by atoms with Crippen molar-refractivity contribution < 1.29 is 14.4 Å². The lowest BCUT2D eigenvalue weighted by molar-refractivity contribution is 0.0590. The van der Waals surface area contributed by atoms with Crippen LogP contribution in [0.2, 0.25) is 0 Å². The summed E-state index contributed by atoms with van der Waals surface area (Å²) in [7, 11) is 1.32. The third-order valence-corrected chi connectivity index (χ3v) is 3.36. The van der Waals surface area contributed by atoms with Gasteiger partial charge >= 0.3 is 5.97 Å². The van der Waals surface area contributed by atoms with E-state index < -0.39 is 5.97 Å². The van der Waals surface area contributed by atoms with E-state index in [0.717, 1.165) is 11.3 Å². The second-order valence-corrected chi connectivity index (χ2v) is 4.92. The lowest BCUT2D eigenvalue weighted by atomic mass is 10.0. The molecule has 0 radical (unpaired) electrons. The minimum Gasteiger partial charge on any atom is -0.464 e. The molecule has 1 aromatic heterocycles. The maximum absolute atomic E-state index is 11.6. The number of aryl methyl sites for hydroxylation is 1. The standard InChI is InChI=1S/C16H15N3O3/c1-10-17-13(8-14(18-10)16(20)21-2)15-9-12(19-22-15)11-6-4-3-5-7-11/h3-8,15H,9H2,1-2H3. The summed E-state index contributed by atoms with van der Waals surface area (Å²) in [6, 6.07) is 11.4. The van der Waals surface area contributed by atoms with Gasteiger partial charge in [0.2, 0.25) is 0 Å². The van der Waals surface area contributed by atoms with Crippen LogP contribution in [-0.2, 0) is 9.57 Å². The molecule has 2 heterocycles. The van der Waals surface area contributed by atoms with Crippen molar-refractivity contribution in [2.75, 3.05) is 7.11 Å². The molecule has 0 saturated carbocycles. The molecule has 3 rings (SSSR count). The summed E-state index contributed by atoms with van der Waals surface area (Å²) in [6.07, 6.45) is 0.279. The number of nitrogens with zero attached hydrogens (tertiary/aromatic N) is 3. The monoisotopic (exact) mass is 297 g/mol. The lowest BCUT2D eigenvalue weighted by Crippen LogP contribution is -2.11. The second kappa shape index (κ2) is 5.93. The number of aromatic nitrogens is 2. The zero-order valence-corrected chi connectivity index (χ0v) is 12.3. The molecule has 0 amide bonds. The molecule has 1 unspecified atom stereocenters. The van der Waals surface area contributed by atoms with Crippen molar-refractivity contribution in [2.45, 2.75) is 19.4 Å². The molecular formula is C16H15N3O3. The fraction of sp³-hybridized carbons (Fsp3) is 0.250. The van der Waals surface area contributed by atoms with E-state index in [0.29, 0.717) is 17.9 Å². The van der Waals surface area contributed by atoms with Crippen molar-refractivity contribution in [1.29, 1.82) is 0 Å². The summed E-state index contributed by atoms with van der Waals surface area (Å²) >= 11 is 0. The number of rotatable bonds is 3. The first-order chi connectivity index (χ1) is 10.7. The summed E-state index contributed by atoms with van der Waals surface area (Å²) in [5, 5.41) is 4.13. The molecule has 2 aromatic rings. The van der Waals surface area contributed by atoms with E-state index in [1.54, 1.807) is 13.0 Å². The predicted octanol–water partition coefficient (Wildman–Crippen LogP) is 2.44. The van der Waals surface area contributed by atoms with Gasteiger partial charge in [0.15, 0.2) is 11.8 Å². The van der Waals surface area contributed by atoms with Crippen molar-refractivity contribution in [1.82, 2.24) is 9.97 Å². The average molecular weight is 297 g/mol. The fourth-order valence-corrected chi connectivity index (χ4v) is 2.30. The van der Waals surface area contributed by atoms with Crippen molar-refractivity contribution >= 4 is 11.7 Å². The number of hydrogen-bond acceptors (Lipinski definition) is 6. The number of oxime groups is 1. The summed E-state index contributed by atoms with van der Waals surface area (Å²) in [6.45, 7) is 1.73. The summed E-state index contributed by atoms with van der Waals surface area (Å²) in [5.74, 6) is 0.00334. The highest BCUT2D eigenvalue weighted by Gasteiger charge is 2.26. The number of carbonyl (C=O) groups is 1. The van der Waals surface area contributed by atoms with Gasteiger partial charge < -0.3 is 9.57 Å². The molecule has 1 aliphatic rings. The van der Waals surface area contributed by atoms with E-state index in [2.05, 4.69) is 15.1 Å². The van der Waals surface area contributed by atoms with Gasteiger partial charge in [0, 0.05) is 6.42 Å². The van der Waals surface area contributed by atoms with Gasteiger partial charge in [0.25, 0.3) is 0 Å². The van der Waals surface area contributed by atoms with Crippen LogP contribution in [-0.4, -0.2) is 28.8 Å². The number of ether oxygens (including phenoxy) is 1. The first kappa shape index (κ1) is 14.2. The Morgan fingerprint density at radius 1 is 1.27 bits per heavy atom. The Balaban J connectivity index is 1.82. The molecule has 0 aliphatic carbocycles. The first-order valence-corrected chi connectivity index (χ1v) is 6.89. The topological polar surface area (TPSA) is 73.7 Å². The summed E-state index contributed by atoms with van der Waals surface area (Å²) in [5.41, 5.74) is 2.73. The zero-order chi connectivity index (χ0) is 15.5. The van der Waals surface area contributed by atoms with Crippen LogP contribution in [0.3, 0.4) is 0 Å². The van der Waals surface area contributed by atoms with E-state index in [4.69, 9.17) is 9.57 Å². The van der Waals surface area contributed by atoms with E-state index in [-0.39, 0.29) is 11.8 Å². The van der Waals surface area contributed by atoms with Crippen molar-refractivity contribution in [2.24, 2.45) is 5.16 Å². The van der Waals surface area contributed by atoms with Gasteiger partial charge in [-0.1, -0.05) is 35.5 Å². The van der Waals surface area contributed by atoms with Crippen LogP contribution in [0.5, 0.6) is 0 Å². The third kappa shape index (κ3) is 2.81. The molecule has 6 heteroatoms. The zero-order valence-electron chi connectivity index (χ0n) is 12.3. The molecule has 112 valence electrons. The third-order valence-electron chi connectivity index (χ3n) is 3.36. The van der Waals surface area contributed by atoms with E-state index in [1.165, 1.54) is 7.11 Å². The average Bonchev–Trinajstić information content (AvgIpc) is 3.04. The van der Waals surface area contributed by atoms with Gasteiger partial charge in [0.05, 0.1) is 18.5 Å². The van der Waals surface area contributed by atoms with Gasteiger partial charge in [0.1, 0.15) is 5.82 Å². The molecule has 0 spiro atoms. The predicted molar refractivity (Wildman–Crippen MR) is 79.5 cm³/mol. The smallest absolute Gasteiger partial charge is 0.356 e. The maximum Gasteiger partial charge on any atom is 0.356 e. The fourth-order valence-electron chi connectivity index (χ4n) is 2.30. The lowest BCUT2D eigenvalue weighted by Gasteiger charge is -2.09. The van der Waals surface area contributed by atoms with Crippen LogP contribution in [0.1, 0.15) is 40.1 Å². The minimum absolute atomic E-state index is 0.224. The molecule has 0 saturated heterocycles. The Bertz CT molecular complexity index is 729. The summed E-state index contributed by atoms with van der Waals surface area (Å²) in [4.78, 5) is 25.5. The summed E-state index contributed by atoms with van der Waals surface area (Å²) < 4.78 is 4.70. The minimum atomic E-state index is -0.492. The van der Waals surface area contributed by atoms with Crippen LogP contribution in [0, 0.1) is 6.92 Å². The van der Waals surface area contributed by atoms with Crippen molar-refractivity contribution in [3.8, 4) is 0 Å². The second-order valence-electron chi connectivity index (χ2n) is 4.92. The molecule has 0 N–H and O–H groups in total. The molecular weight excluding hydrogens is 282 g/mol. The Morgan fingerprint density at radius 3 is 2.77 bits per heavy atom. The van der Waals surface area contributed by atoms with E-state index in [9.17, 15) is 4.79 Å². The van der Waals surface area contributed by atoms with Crippen LogP contribution in [0.25, 0.3) is 0 Å². The molecule has 0 bridgehead atoms. The Hall–Kier alpha value is -2.76. The molecule has 22 heavy (non-hydrogen) atoms. The van der Waals surface area contributed by atoms with Crippen molar-refractivity contribution in [3.05, 3.63) is 59.2 Å². The Morgan fingerprint density at radius 2 is 2.05 bits per heavy atom. The Labute approximate surface area is 127 Å². The normalized spacial score (nSPS) is 16.8. The number of methoxy groups -OCH3 is 1. The highest BCUT2D eigenvalue weighted by atomic mass is 16.6. The molecule has 6 nitrogen and oxygen atoms in total. The largest absolute Gasteiger partial charge is 0.464 e. The van der Waals surface area contributed by atoms with Crippen LogP contribution in [0.4, 0.5) is 0 Å². The van der Waals surface area contributed by atoms with E-state index >= 15 is 0 Å². The highest BCUT2D eigenvalue weighted by Crippen LogP contribution is 2.28. The molecule has 1 atom stereocenters. The van der Waals surface area contributed by atoms with Crippen LogP contribution >= 0.6 is 0 Å². The number of esters is 1. The van der Waals surface area contributed by atoms with E-state index in [1.807, 2.05) is 30.3 Å². The van der Waals surface area contributed by atoms with Crippen LogP contribution in [0.15, 0.2) is 41.6 Å². The van der Waals surface area contributed by atoms with Crippen molar-refractivity contribution in [3.63, 3.8) is 0 Å². The van der Waals surface area contributed by atoms with Gasteiger partial charge in [-0.05, 0) is 18.6 Å². The van der Waals surface area contributed by atoms with Gasteiger partial charge in [-0.2, -0.15) is 0 Å². The Kier molecular flexibility index (Phi) is 3.82. The number of hydrogen-bond donors (Lipinski definition) is 0. The highest BCUT2D eigenvalue weighted by molar-refractivity contribution is 6.01. The number of carbonyl (C=O) groups excluding carboxylic acids is 1. The molecule has 1 aliphatic heterocycles. The molecule has 1 aromatic carbocycles.